The van der Waals surface area contributed by atoms with E-state index in [-0.39, 0.29) is 11.8 Å². The second-order valence-electron chi connectivity index (χ2n) is 5.15. The summed E-state index contributed by atoms with van der Waals surface area (Å²) in [6.07, 6.45) is 3.83. The van der Waals surface area contributed by atoms with Gasteiger partial charge in [0.05, 0.1) is 12.7 Å². The Labute approximate surface area is 112 Å². The lowest BCUT2D eigenvalue weighted by atomic mass is 10.3. The highest BCUT2D eigenvalue weighted by Gasteiger charge is 2.27. The van der Waals surface area contributed by atoms with E-state index in [2.05, 4.69) is 4.98 Å². The molecule has 6 nitrogen and oxygen atoms in total. The molecule has 2 aliphatic rings. The molecule has 19 heavy (non-hydrogen) atoms. The van der Waals surface area contributed by atoms with Gasteiger partial charge in [-0.15, -0.1) is 0 Å². The molecule has 2 aliphatic heterocycles. The van der Waals surface area contributed by atoms with E-state index in [0.29, 0.717) is 25.3 Å². The summed E-state index contributed by atoms with van der Waals surface area (Å²) in [6.45, 7) is 5.07. The first-order valence-corrected chi connectivity index (χ1v) is 6.76. The molecule has 1 aromatic rings. The average molecular weight is 262 g/mol. The minimum atomic E-state index is 0.0571. The van der Waals surface area contributed by atoms with Crippen LogP contribution in [-0.2, 0) is 17.9 Å². The lowest BCUT2D eigenvalue weighted by molar-refractivity contribution is -0.130. The highest BCUT2D eigenvalue weighted by molar-refractivity contribution is 5.92. The molecule has 0 aromatic carbocycles. The molecule has 0 bridgehead atoms. The fourth-order valence-electron chi connectivity index (χ4n) is 2.78. The van der Waals surface area contributed by atoms with Gasteiger partial charge in [0.1, 0.15) is 11.5 Å². The predicted octanol–water partition coefficient (Wildman–Crippen LogP) is 0.481. The van der Waals surface area contributed by atoms with Crippen molar-refractivity contribution in [2.45, 2.75) is 32.9 Å². The minimum Gasteiger partial charge on any atom is -0.337 e. The number of carbonyl (C=O) groups excluding carboxylic acids is 2. The third-order valence-electron chi connectivity index (χ3n) is 3.92. The number of carbonyl (C=O) groups is 2. The lowest BCUT2D eigenvalue weighted by Crippen LogP contribution is -2.38. The van der Waals surface area contributed by atoms with Gasteiger partial charge in [-0.1, -0.05) is 0 Å². The molecule has 0 atom stereocenters. The maximum atomic E-state index is 12.4. The minimum absolute atomic E-state index is 0.0571. The molecule has 0 aliphatic carbocycles. The van der Waals surface area contributed by atoms with E-state index in [1.807, 2.05) is 9.47 Å². The van der Waals surface area contributed by atoms with Crippen molar-refractivity contribution in [1.82, 2.24) is 19.4 Å². The summed E-state index contributed by atoms with van der Waals surface area (Å²) in [4.78, 5) is 31.7. The SMILES string of the molecule is CC(=O)N1CCn2c(C(=O)N3CCCC3)cnc2C1. The molecule has 2 amide bonds. The van der Waals surface area contributed by atoms with Gasteiger partial charge in [-0.3, -0.25) is 9.59 Å². The molecule has 1 aromatic heterocycles. The monoisotopic (exact) mass is 262 g/mol. The van der Waals surface area contributed by atoms with E-state index in [1.165, 1.54) is 0 Å². The Kier molecular flexibility index (Phi) is 3.00. The zero-order valence-electron chi connectivity index (χ0n) is 11.1. The molecule has 6 heteroatoms. The number of hydrogen-bond acceptors (Lipinski definition) is 3. The van der Waals surface area contributed by atoms with Crippen LogP contribution >= 0.6 is 0 Å². The largest absolute Gasteiger partial charge is 0.337 e. The quantitative estimate of drug-likeness (QED) is 0.739. The van der Waals surface area contributed by atoms with Gasteiger partial charge in [-0.2, -0.15) is 0 Å². The van der Waals surface area contributed by atoms with Crippen LogP contribution in [0.15, 0.2) is 6.20 Å². The maximum absolute atomic E-state index is 12.4. The first-order chi connectivity index (χ1) is 9.16. The second kappa shape index (κ2) is 4.68. The van der Waals surface area contributed by atoms with Crippen molar-refractivity contribution in [1.29, 1.82) is 0 Å². The van der Waals surface area contributed by atoms with Crippen LogP contribution in [0.25, 0.3) is 0 Å². The first kappa shape index (κ1) is 12.2. The molecular formula is C13H18N4O2. The topological polar surface area (TPSA) is 58.4 Å². The van der Waals surface area contributed by atoms with Crippen molar-refractivity contribution in [3.05, 3.63) is 17.7 Å². The number of fused-ring (bicyclic) bond motifs is 1. The first-order valence-electron chi connectivity index (χ1n) is 6.76. The van der Waals surface area contributed by atoms with Gasteiger partial charge >= 0.3 is 0 Å². The third kappa shape index (κ3) is 2.11. The molecule has 1 saturated heterocycles. The van der Waals surface area contributed by atoms with Gasteiger partial charge in [0, 0.05) is 33.1 Å². The summed E-state index contributed by atoms with van der Waals surface area (Å²) in [7, 11) is 0. The Bertz CT molecular complexity index is 517. The van der Waals surface area contributed by atoms with Gasteiger partial charge in [0.2, 0.25) is 5.91 Å². The molecule has 0 unspecified atom stereocenters. The van der Waals surface area contributed by atoms with Crippen LogP contribution < -0.4 is 0 Å². The van der Waals surface area contributed by atoms with Crippen LogP contribution in [-0.4, -0.2) is 50.8 Å². The van der Waals surface area contributed by atoms with Crippen LogP contribution in [0.2, 0.25) is 0 Å². The van der Waals surface area contributed by atoms with Crippen LogP contribution in [0.3, 0.4) is 0 Å². The zero-order valence-corrected chi connectivity index (χ0v) is 11.1. The molecule has 0 saturated carbocycles. The van der Waals surface area contributed by atoms with E-state index in [9.17, 15) is 9.59 Å². The fraction of sp³-hybridized carbons (Fsp3) is 0.615. The van der Waals surface area contributed by atoms with Crippen LogP contribution in [0.4, 0.5) is 0 Å². The van der Waals surface area contributed by atoms with Gasteiger partial charge in [-0.05, 0) is 12.8 Å². The maximum Gasteiger partial charge on any atom is 0.272 e. The van der Waals surface area contributed by atoms with E-state index < -0.39 is 0 Å². The predicted molar refractivity (Wildman–Crippen MR) is 68.5 cm³/mol. The number of amides is 2. The number of rotatable bonds is 1. The van der Waals surface area contributed by atoms with Crippen molar-refractivity contribution in [2.24, 2.45) is 0 Å². The summed E-state index contributed by atoms with van der Waals surface area (Å²) in [5.74, 6) is 0.943. The Hall–Kier alpha value is -1.85. The fourth-order valence-corrected chi connectivity index (χ4v) is 2.78. The molecule has 3 rings (SSSR count). The summed E-state index contributed by atoms with van der Waals surface area (Å²) in [5.41, 5.74) is 0.667. The second-order valence-corrected chi connectivity index (χ2v) is 5.15. The van der Waals surface area contributed by atoms with Gasteiger partial charge in [0.15, 0.2) is 0 Å². The Morgan fingerprint density at radius 1 is 1.11 bits per heavy atom. The van der Waals surface area contributed by atoms with Crippen LogP contribution in [0.1, 0.15) is 36.1 Å². The number of hydrogen-bond donors (Lipinski definition) is 0. The summed E-state index contributed by atoms with van der Waals surface area (Å²) >= 11 is 0. The van der Waals surface area contributed by atoms with E-state index in [0.717, 1.165) is 31.8 Å². The number of likely N-dealkylation sites (tertiary alicyclic amines) is 1. The molecule has 3 heterocycles. The summed E-state index contributed by atoms with van der Waals surface area (Å²) in [6, 6.07) is 0. The van der Waals surface area contributed by atoms with Crippen molar-refractivity contribution < 1.29 is 9.59 Å². The molecule has 0 N–H and O–H groups in total. The molecule has 0 radical (unpaired) electrons. The Balaban J connectivity index is 1.82. The Morgan fingerprint density at radius 3 is 2.53 bits per heavy atom. The van der Waals surface area contributed by atoms with Crippen LogP contribution in [0, 0.1) is 0 Å². The number of imidazole rings is 1. The highest BCUT2D eigenvalue weighted by Crippen LogP contribution is 2.18. The normalized spacial score (nSPS) is 18.6. The van der Waals surface area contributed by atoms with E-state index in [4.69, 9.17) is 0 Å². The molecule has 1 fully saturated rings. The van der Waals surface area contributed by atoms with Crippen molar-refractivity contribution >= 4 is 11.8 Å². The third-order valence-corrected chi connectivity index (χ3v) is 3.92. The van der Waals surface area contributed by atoms with E-state index >= 15 is 0 Å². The van der Waals surface area contributed by atoms with Gasteiger partial charge < -0.3 is 14.4 Å². The highest BCUT2D eigenvalue weighted by atomic mass is 16.2. The van der Waals surface area contributed by atoms with Gasteiger partial charge in [0.25, 0.3) is 5.91 Å². The number of nitrogens with zero attached hydrogens (tertiary/aromatic N) is 4. The molecule has 0 spiro atoms. The number of aromatic nitrogens is 2. The van der Waals surface area contributed by atoms with Crippen LogP contribution in [0.5, 0.6) is 0 Å². The average Bonchev–Trinajstić information content (AvgIpc) is 3.06. The molecule has 102 valence electrons. The lowest BCUT2D eigenvalue weighted by Gasteiger charge is -2.28. The van der Waals surface area contributed by atoms with Crippen molar-refractivity contribution in [3.8, 4) is 0 Å². The van der Waals surface area contributed by atoms with Crippen molar-refractivity contribution in [2.75, 3.05) is 19.6 Å². The van der Waals surface area contributed by atoms with Gasteiger partial charge in [-0.25, -0.2) is 4.98 Å². The summed E-state index contributed by atoms with van der Waals surface area (Å²) < 4.78 is 1.96. The Morgan fingerprint density at radius 2 is 1.84 bits per heavy atom. The smallest absolute Gasteiger partial charge is 0.272 e. The standard InChI is InChI=1S/C13H18N4O2/c1-10(18)16-6-7-17-11(8-14-12(17)9-16)13(19)15-4-2-3-5-15/h8H,2-7,9H2,1H3. The molecular weight excluding hydrogens is 244 g/mol. The zero-order chi connectivity index (χ0) is 13.4. The van der Waals surface area contributed by atoms with E-state index in [1.54, 1.807) is 18.0 Å². The summed E-state index contributed by atoms with van der Waals surface area (Å²) in [5, 5.41) is 0. The van der Waals surface area contributed by atoms with Crippen molar-refractivity contribution in [3.63, 3.8) is 0 Å².